The number of thiophene rings is 1. The first-order valence-corrected chi connectivity index (χ1v) is 13.4. The van der Waals surface area contributed by atoms with Crippen LogP contribution in [0.4, 0.5) is 0 Å². The highest BCUT2D eigenvalue weighted by Gasteiger charge is 2.32. The molecule has 1 aromatic rings. The maximum Gasteiger partial charge on any atom is 0.255 e. The number of halogens is 1. The standard InChI is InChI=1S/C26H33ClN6O4S/c1-5-17(6-9-28-3)20(15-34)31-23(35)14-33-13-22-19(25(33)36)12-21(38-22)24(16(2)27)32-26(29-4)30-18-7-10-37-11-8-18/h5-6,9,12,18,20,34H,3-4,7-8,10-11,13-15H2,1-2H3,(H,30,32)(H,31,35)/b9-6-,17-5+,24-16+/t20-/m1/s1. The Morgan fingerprint density at radius 2 is 2.13 bits per heavy atom. The van der Waals surface area contributed by atoms with Gasteiger partial charge in [-0.25, -0.2) is 9.98 Å². The van der Waals surface area contributed by atoms with Crippen molar-refractivity contribution in [2.24, 2.45) is 15.0 Å². The zero-order valence-corrected chi connectivity index (χ0v) is 23.1. The lowest BCUT2D eigenvalue weighted by atomic mass is 10.1. The molecule has 0 aromatic carbocycles. The molecule has 0 spiro atoms. The van der Waals surface area contributed by atoms with E-state index < -0.39 is 6.04 Å². The van der Waals surface area contributed by atoms with Crippen LogP contribution in [0.15, 0.2) is 50.0 Å². The number of fused-ring (bicyclic) bond motifs is 1. The largest absolute Gasteiger partial charge is 0.394 e. The first-order valence-electron chi connectivity index (χ1n) is 12.2. The Hall–Kier alpha value is -3.12. The molecule has 0 radical (unpaired) electrons. The summed E-state index contributed by atoms with van der Waals surface area (Å²) >= 11 is 7.83. The molecule has 12 heteroatoms. The average molecular weight is 561 g/mol. The molecule has 10 nitrogen and oxygen atoms in total. The van der Waals surface area contributed by atoms with Crippen molar-refractivity contribution >= 4 is 59.8 Å². The van der Waals surface area contributed by atoms with Crippen LogP contribution in [0.25, 0.3) is 5.70 Å². The summed E-state index contributed by atoms with van der Waals surface area (Å²) in [5.74, 6) is -0.260. The highest BCUT2D eigenvalue weighted by Crippen LogP contribution is 2.35. The zero-order chi connectivity index (χ0) is 27.7. The van der Waals surface area contributed by atoms with E-state index in [-0.39, 0.29) is 31.0 Å². The molecular formula is C26H33ClN6O4S. The minimum absolute atomic E-state index is 0.0901. The second-order valence-corrected chi connectivity index (χ2v) is 10.4. The van der Waals surface area contributed by atoms with E-state index >= 15 is 0 Å². The van der Waals surface area contributed by atoms with Crippen LogP contribution >= 0.6 is 22.9 Å². The molecule has 2 amide bonds. The molecule has 3 rings (SSSR count). The molecule has 3 heterocycles. The number of amides is 2. The zero-order valence-electron chi connectivity index (χ0n) is 21.6. The van der Waals surface area contributed by atoms with Crippen LogP contribution in [0.1, 0.15) is 46.8 Å². The number of hydrogen-bond acceptors (Lipinski definition) is 7. The Morgan fingerprint density at radius 1 is 1.39 bits per heavy atom. The van der Waals surface area contributed by atoms with Crippen molar-refractivity contribution in [3.8, 4) is 0 Å². The van der Waals surface area contributed by atoms with Gasteiger partial charge in [0.1, 0.15) is 6.54 Å². The van der Waals surface area contributed by atoms with Crippen LogP contribution in [-0.2, 0) is 16.1 Å². The van der Waals surface area contributed by atoms with Gasteiger partial charge in [0.25, 0.3) is 5.91 Å². The number of aliphatic hydroxyl groups excluding tert-OH is 1. The van der Waals surface area contributed by atoms with Crippen LogP contribution in [-0.4, -0.2) is 79.7 Å². The van der Waals surface area contributed by atoms with E-state index in [1.165, 1.54) is 22.4 Å². The lowest BCUT2D eigenvalue weighted by Crippen LogP contribution is -2.44. The van der Waals surface area contributed by atoms with Crippen LogP contribution < -0.4 is 10.6 Å². The molecule has 0 saturated carbocycles. The Morgan fingerprint density at radius 3 is 2.71 bits per heavy atom. The van der Waals surface area contributed by atoms with Crippen LogP contribution in [0, 0.1) is 0 Å². The summed E-state index contributed by atoms with van der Waals surface area (Å²) in [7, 11) is 0. The van der Waals surface area contributed by atoms with Crippen molar-refractivity contribution in [2.45, 2.75) is 45.3 Å². The number of rotatable bonds is 10. The number of aliphatic hydroxyl groups is 1. The smallest absolute Gasteiger partial charge is 0.255 e. The minimum Gasteiger partial charge on any atom is -0.394 e. The number of hydrogen-bond donors (Lipinski definition) is 3. The van der Waals surface area contributed by atoms with Crippen molar-refractivity contribution in [3.05, 3.63) is 50.3 Å². The number of guanidine groups is 1. The summed E-state index contributed by atoms with van der Waals surface area (Å²) in [6.07, 6.45) is 6.52. The van der Waals surface area contributed by atoms with Crippen LogP contribution in [0.2, 0.25) is 0 Å². The number of nitrogens with zero attached hydrogens (tertiary/aromatic N) is 4. The average Bonchev–Trinajstić information content (AvgIpc) is 3.44. The molecule has 0 aliphatic carbocycles. The van der Waals surface area contributed by atoms with E-state index in [9.17, 15) is 14.7 Å². The van der Waals surface area contributed by atoms with Crippen LogP contribution in [0.3, 0.4) is 0 Å². The van der Waals surface area contributed by atoms with Gasteiger partial charge in [-0.2, -0.15) is 0 Å². The number of nitrogens with one attached hydrogen (secondary N) is 2. The Balaban J connectivity index is 1.68. The highest BCUT2D eigenvalue weighted by molar-refractivity contribution is 7.13. The number of ether oxygens (including phenoxy) is 1. The van der Waals surface area contributed by atoms with Crippen LogP contribution in [0.5, 0.6) is 0 Å². The first kappa shape index (κ1) is 29.4. The molecule has 3 N–H and O–H groups in total. The molecule has 0 bridgehead atoms. The predicted molar refractivity (Wildman–Crippen MR) is 153 cm³/mol. The van der Waals surface area contributed by atoms with Gasteiger partial charge in [0.2, 0.25) is 11.9 Å². The van der Waals surface area contributed by atoms with Gasteiger partial charge in [-0.05, 0) is 57.8 Å². The van der Waals surface area contributed by atoms with Gasteiger partial charge in [0.15, 0.2) is 0 Å². The molecule has 1 fully saturated rings. The third kappa shape index (κ3) is 7.47. The molecule has 2 aliphatic heterocycles. The van der Waals surface area contributed by atoms with Gasteiger partial charge < -0.3 is 25.4 Å². The van der Waals surface area contributed by atoms with Gasteiger partial charge >= 0.3 is 0 Å². The third-order valence-electron chi connectivity index (χ3n) is 6.09. The number of allylic oxidation sites excluding steroid dienone is 2. The molecule has 1 atom stereocenters. The fraction of sp³-hybridized carbons (Fsp3) is 0.423. The summed E-state index contributed by atoms with van der Waals surface area (Å²) in [5, 5.41) is 16.2. The summed E-state index contributed by atoms with van der Waals surface area (Å²) < 4.78 is 5.39. The SMILES string of the molecule is C=N/C=C\C(=C/C)[C@@H](CO)NC(=O)CN1Cc2sc(/C(NC(N=C)=NC3CCOCC3)=C(/C)Cl)cc2C1=O. The molecule has 1 aromatic heterocycles. The fourth-order valence-corrected chi connectivity index (χ4v) is 5.55. The summed E-state index contributed by atoms with van der Waals surface area (Å²) in [4.78, 5) is 41.2. The predicted octanol–water partition coefficient (Wildman–Crippen LogP) is 3.09. The summed E-state index contributed by atoms with van der Waals surface area (Å²) in [6.45, 7) is 11.7. The van der Waals surface area contributed by atoms with Crippen molar-refractivity contribution in [2.75, 3.05) is 26.4 Å². The van der Waals surface area contributed by atoms with E-state index in [0.29, 0.717) is 47.6 Å². The van der Waals surface area contributed by atoms with E-state index in [2.05, 4.69) is 39.0 Å². The Bertz CT molecular complexity index is 1180. The number of aliphatic imine (C=N–C) groups is 3. The molecule has 1 saturated heterocycles. The quantitative estimate of drug-likeness (QED) is 0.230. The van der Waals surface area contributed by atoms with Gasteiger partial charge in [-0.3, -0.25) is 14.6 Å². The maximum absolute atomic E-state index is 13.1. The molecular weight excluding hydrogens is 528 g/mol. The van der Waals surface area contributed by atoms with Crippen molar-refractivity contribution < 1.29 is 19.4 Å². The van der Waals surface area contributed by atoms with Crippen molar-refractivity contribution in [3.63, 3.8) is 0 Å². The Labute approximate surface area is 231 Å². The highest BCUT2D eigenvalue weighted by atomic mass is 35.5. The Kier molecular flexibility index (Phi) is 11.0. The summed E-state index contributed by atoms with van der Waals surface area (Å²) in [5.41, 5.74) is 1.81. The van der Waals surface area contributed by atoms with Gasteiger partial charge in [0.05, 0.1) is 41.4 Å². The van der Waals surface area contributed by atoms with E-state index in [1.54, 1.807) is 32.1 Å². The van der Waals surface area contributed by atoms with E-state index in [4.69, 9.17) is 16.3 Å². The lowest BCUT2D eigenvalue weighted by molar-refractivity contribution is -0.122. The second kappa shape index (κ2) is 14.1. The second-order valence-electron chi connectivity index (χ2n) is 8.69. The van der Waals surface area contributed by atoms with Gasteiger partial charge in [-0.1, -0.05) is 17.7 Å². The van der Waals surface area contributed by atoms with Gasteiger partial charge in [-0.15, -0.1) is 11.3 Å². The van der Waals surface area contributed by atoms with Gasteiger partial charge in [0, 0.05) is 29.3 Å². The molecule has 38 heavy (non-hydrogen) atoms. The summed E-state index contributed by atoms with van der Waals surface area (Å²) in [6, 6.07) is 1.24. The van der Waals surface area contributed by atoms with Crippen molar-refractivity contribution in [1.82, 2.24) is 15.5 Å². The number of carbonyl (C=O) groups excluding carboxylic acids is 2. The minimum atomic E-state index is -0.621. The molecule has 204 valence electrons. The fourth-order valence-electron chi connectivity index (χ4n) is 4.12. The lowest BCUT2D eigenvalue weighted by Gasteiger charge is -2.21. The molecule has 0 unspecified atom stereocenters. The van der Waals surface area contributed by atoms with E-state index in [1.807, 2.05) is 0 Å². The normalized spacial score (nSPS) is 18.3. The molecule has 2 aliphatic rings. The number of carbonyl (C=O) groups is 2. The van der Waals surface area contributed by atoms with E-state index in [0.717, 1.165) is 22.6 Å². The maximum atomic E-state index is 13.1. The first-order chi connectivity index (χ1) is 18.3. The van der Waals surface area contributed by atoms with Crippen molar-refractivity contribution in [1.29, 1.82) is 0 Å². The third-order valence-corrected chi connectivity index (χ3v) is 7.42. The monoisotopic (exact) mass is 560 g/mol. The topological polar surface area (TPSA) is 128 Å².